The fourth-order valence-corrected chi connectivity index (χ4v) is 5.87. The van der Waals surface area contributed by atoms with Crippen LogP contribution in [-0.2, 0) is 37.5 Å². The first-order chi connectivity index (χ1) is 22.3. The van der Waals surface area contributed by atoms with E-state index in [1.807, 2.05) is 48.9 Å². The van der Waals surface area contributed by atoms with E-state index in [0.717, 1.165) is 72.2 Å². The van der Waals surface area contributed by atoms with Gasteiger partial charge in [-0.15, -0.1) is 0 Å². The number of carboxylic acid groups (broad SMARTS) is 1. The number of benzene rings is 2. The zero-order valence-corrected chi connectivity index (χ0v) is 26.4. The quantitative estimate of drug-likeness (QED) is 0.163. The van der Waals surface area contributed by atoms with Crippen molar-refractivity contribution in [3.8, 4) is 11.5 Å². The topological polar surface area (TPSA) is 108 Å². The van der Waals surface area contributed by atoms with E-state index in [0.29, 0.717) is 24.5 Å². The molecule has 10 nitrogen and oxygen atoms in total. The minimum atomic E-state index is -0.845. The summed E-state index contributed by atoms with van der Waals surface area (Å²) in [7, 11) is 0. The summed E-state index contributed by atoms with van der Waals surface area (Å²) in [5.74, 6) is 0.484. The van der Waals surface area contributed by atoms with Gasteiger partial charge in [-0.05, 0) is 67.8 Å². The first-order valence-electron chi connectivity index (χ1n) is 15.5. The van der Waals surface area contributed by atoms with E-state index in [9.17, 15) is 9.18 Å². The number of rotatable bonds is 13. The minimum Gasteiger partial charge on any atom is -0.490 e. The van der Waals surface area contributed by atoms with Crippen LogP contribution in [0.1, 0.15) is 49.0 Å². The van der Waals surface area contributed by atoms with Crippen molar-refractivity contribution in [2.45, 2.75) is 65.0 Å². The molecule has 0 saturated carbocycles. The van der Waals surface area contributed by atoms with Crippen molar-refractivity contribution in [2.24, 2.45) is 0 Å². The Morgan fingerprint density at radius 3 is 2.72 bits per heavy atom. The fraction of sp³-hybridized carbons (Fsp3) is 0.353. The molecule has 0 bridgehead atoms. The van der Waals surface area contributed by atoms with Gasteiger partial charge < -0.3 is 23.7 Å². The van der Waals surface area contributed by atoms with Gasteiger partial charge in [0.1, 0.15) is 29.8 Å². The third-order valence-corrected chi connectivity index (χ3v) is 8.41. The molecule has 6 rings (SSSR count). The molecule has 5 aromatic rings. The van der Waals surface area contributed by atoms with Crippen molar-refractivity contribution < 1.29 is 23.8 Å². The lowest BCUT2D eigenvalue weighted by atomic mass is 10.1. The average molecular weight is 647 g/mol. The number of fused-ring (bicyclic) bond motifs is 1. The molecule has 2 aromatic carbocycles. The van der Waals surface area contributed by atoms with Crippen LogP contribution in [0.4, 0.5) is 4.39 Å². The maximum absolute atomic E-state index is 14.1. The predicted molar refractivity (Wildman–Crippen MR) is 172 cm³/mol. The number of ether oxygens (including phenoxy) is 2. The molecule has 240 valence electrons. The van der Waals surface area contributed by atoms with Crippen molar-refractivity contribution in [3.63, 3.8) is 0 Å². The summed E-state index contributed by atoms with van der Waals surface area (Å²) in [5.41, 5.74) is 4.21. The Kier molecular flexibility index (Phi) is 9.79. The molecular formula is C34H36ClFN6O4. The summed E-state index contributed by atoms with van der Waals surface area (Å²) in [5, 5.41) is 9.48. The zero-order valence-electron chi connectivity index (χ0n) is 25.6. The molecule has 0 atom stereocenters. The van der Waals surface area contributed by atoms with Crippen molar-refractivity contribution in [3.05, 3.63) is 101 Å². The normalized spacial score (nSPS) is 14.2. The van der Waals surface area contributed by atoms with Crippen LogP contribution in [0.2, 0.25) is 5.02 Å². The number of halogens is 2. The number of aryl methyl sites for hydroxylation is 2. The number of hydrogen-bond acceptors (Lipinski definition) is 7. The number of piperidine rings is 1. The SMILES string of the molecule is CCn1cncc1Cn1c(CN2CCC(Oc3cccc(COc4ccc(Cl)cc4F)c3)CC2)nc2ccc(CCC(=O)O)nc21. The lowest BCUT2D eigenvalue weighted by Crippen LogP contribution is -2.38. The van der Waals surface area contributed by atoms with Gasteiger partial charge in [0.25, 0.3) is 0 Å². The van der Waals surface area contributed by atoms with E-state index in [4.69, 9.17) is 36.1 Å². The van der Waals surface area contributed by atoms with E-state index in [1.165, 1.54) is 12.1 Å². The largest absolute Gasteiger partial charge is 0.490 e. The number of carbonyl (C=O) groups is 1. The van der Waals surface area contributed by atoms with Gasteiger partial charge in [-0.3, -0.25) is 9.69 Å². The number of carboxylic acids is 1. The second-order valence-corrected chi connectivity index (χ2v) is 11.9. The Morgan fingerprint density at radius 1 is 1.09 bits per heavy atom. The molecule has 3 aromatic heterocycles. The average Bonchev–Trinajstić information content (AvgIpc) is 3.64. The Hall–Kier alpha value is -4.48. The highest BCUT2D eigenvalue weighted by molar-refractivity contribution is 6.30. The number of likely N-dealkylation sites (tertiary alicyclic amines) is 1. The van der Waals surface area contributed by atoms with Crippen molar-refractivity contribution in [1.29, 1.82) is 0 Å². The zero-order chi connectivity index (χ0) is 32.0. The molecule has 12 heteroatoms. The summed E-state index contributed by atoms with van der Waals surface area (Å²) in [6, 6.07) is 15.9. The third-order valence-electron chi connectivity index (χ3n) is 8.17. The third kappa shape index (κ3) is 7.66. The number of hydrogen-bond donors (Lipinski definition) is 1. The predicted octanol–water partition coefficient (Wildman–Crippen LogP) is 6.13. The van der Waals surface area contributed by atoms with E-state index < -0.39 is 11.8 Å². The Balaban J connectivity index is 1.10. The summed E-state index contributed by atoms with van der Waals surface area (Å²) in [6.07, 6.45) is 5.87. The van der Waals surface area contributed by atoms with Gasteiger partial charge in [-0.2, -0.15) is 0 Å². The lowest BCUT2D eigenvalue weighted by molar-refractivity contribution is -0.136. The maximum Gasteiger partial charge on any atom is 0.303 e. The highest BCUT2D eigenvalue weighted by Gasteiger charge is 2.24. The van der Waals surface area contributed by atoms with Gasteiger partial charge in [-0.25, -0.2) is 19.3 Å². The molecule has 0 amide bonds. The van der Waals surface area contributed by atoms with Crippen LogP contribution in [0.3, 0.4) is 0 Å². The second kappa shape index (κ2) is 14.3. The van der Waals surface area contributed by atoms with Gasteiger partial charge in [0.2, 0.25) is 0 Å². The first-order valence-corrected chi connectivity index (χ1v) is 15.8. The summed E-state index contributed by atoms with van der Waals surface area (Å²) in [6.45, 7) is 6.01. The molecule has 1 fully saturated rings. The van der Waals surface area contributed by atoms with E-state index in [1.54, 1.807) is 6.07 Å². The van der Waals surface area contributed by atoms with Crippen LogP contribution in [0.15, 0.2) is 67.1 Å². The highest BCUT2D eigenvalue weighted by atomic mass is 35.5. The molecular weight excluding hydrogens is 611 g/mol. The molecule has 1 N–H and O–H groups in total. The maximum atomic E-state index is 14.1. The van der Waals surface area contributed by atoms with Crippen LogP contribution in [-0.4, -0.2) is 59.3 Å². The molecule has 0 aliphatic carbocycles. The molecule has 1 aliphatic rings. The van der Waals surface area contributed by atoms with Crippen LogP contribution >= 0.6 is 11.6 Å². The second-order valence-electron chi connectivity index (χ2n) is 11.4. The van der Waals surface area contributed by atoms with Gasteiger partial charge in [-0.1, -0.05) is 23.7 Å². The van der Waals surface area contributed by atoms with Gasteiger partial charge in [0, 0.05) is 43.0 Å². The number of aromatic nitrogens is 5. The number of imidazole rings is 2. The van der Waals surface area contributed by atoms with Crippen LogP contribution < -0.4 is 9.47 Å². The molecule has 4 heterocycles. The molecule has 1 aliphatic heterocycles. The van der Waals surface area contributed by atoms with E-state index in [2.05, 4.69) is 25.9 Å². The molecule has 1 saturated heterocycles. The molecule has 0 spiro atoms. The van der Waals surface area contributed by atoms with Crippen molar-refractivity contribution in [1.82, 2.24) is 29.0 Å². The van der Waals surface area contributed by atoms with Crippen LogP contribution in [0.25, 0.3) is 11.2 Å². The van der Waals surface area contributed by atoms with Crippen molar-refractivity contribution in [2.75, 3.05) is 13.1 Å². The van der Waals surface area contributed by atoms with Gasteiger partial charge >= 0.3 is 5.97 Å². The summed E-state index contributed by atoms with van der Waals surface area (Å²) < 4.78 is 30.4. The number of aliphatic carboxylic acids is 1. The van der Waals surface area contributed by atoms with E-state index >= 15 is 0 Å². The fourth-order valence-electron chi connectivity index (χ4n) is 5.72. The minimum absolute atomic E-state index is 0.0284. The lowest BCUT2D eigenvalue weighted by Gasteiger charge is -2.32. The van der Waals surface area contributed by atoms with E-state index in [-0.39, 0.29) is 24.9 Å². The van der Waals surface area contributed by atoms with Crippen LogP contribution in [0, 0.1) is 5.82 Å². The molecule has 46 heavy (non-hydrogen) atoms. The Morgan fingerprint density at radius 2 is 1.93 bits per heavy atom. The van der Waals surface area contributed by atoms with Gasteiger partial charge in [0.15, 0.2) is 17.2 Å². The molecule has 0 unspecified atom stereocenters. The molecule has 0 radical (unpaired) electrons. The van der Waals surface area contributed by atoms with Crippen molar-refractivity contribution >= 4 is 28.7 Å². The first kappa shape index (κ1) is 31.5. The van der Waals surface area contributed by atoms with Gasteiger partial charge in [0.05, 0.1) is 31.5 Å². The van der Waals surface area contributed by atoms with Crippen LogP contribution in [0.5, 0.6) is 11.5 Å². The Bertz CT molecular complexity index is 1820. The highest BCUT2D eigenvalue weighted by Crippen LogP contribution is 2.25. The number of pyridine rings is 1. The smallest absolute Gasteiger partial charge is 0.303 e. The monoisotopic (exact) mass is 646 g/mol. The number of nitrogens with zero attached hydrogens (tertiary/aromatic N) is 6. The summed E-state index contributed by atoms with van der Waals surface area (Å²) >= 11 is 5.84. The summed E-state index contributed by atoms with van der Waals surface area (Å²) in [4.78, 5) is 27.7. The standard InChI is InChI=1S/C34H36ClFN6O4/c1-2-41-22-37-18-26(41)19-42-32(39-30-9-7-25(38-34(30)42)8-11-33(43)44)20-40-14-12-27(13-15-40)46-28-5-3-4-23(16-28)21-45-31-10-6-24(35)17-29(31)36/h3-7,9-10,16-18,22,27H,2,8,11-15,19-21H2,1H3,(H,43,44). The Labute approximate surface area is 271 Å².